The van der Waals surface area contributed by atoms with Crippen LogP contribution in [-0.4, -0.2) is 26.1 Å². The average molecular weight is 279 g/mol. The Morgan fingerprint density at radius 1 is 1.44 bits per heavy atom. The Morgan fingerprint density at radius 3 is 3.11 bits per heavy atom. The van der Waals surface area contributed by atoms with Crippen LogP contribution in [0.15, 0.2) is 11.7 Å². The van der Waals surface area contributed by atoms with Crippen LogP contribution >= 0.6 is 22.7 Å². The molecule has 0 aliphatic carbocycles. The van der Waals surface area contributed by atoms with Gasteiger partial charge in [0.1, 0.15) is 6.33 Å². The minimum absolute atomic E-state index is 0.915. The number of nitrogens with one attached hydrogen (secondary N) is 1. The van der Waals surface area contributed by atoms with Crippen molar-refractivity contribution in [1.29, 1.82) is 0 Å². The number of thiazole rings is 2. The molecule has 3 heterocycles. The molecule has 0 aliphatic heterocycles. The van der Waals surface area contributed by atoms with Gasteiger partial charge in [-0.2, -0.15) is 5.10 Å². The molecule has 7 heteroatoms. The van der Waals surface area contributed by atoms with Gasteiger partial charge < -0.3 is 5.32 Å². The second kappa shape index (κ2) is 4.66. The molecule has 5 nitrogen and oxygen atoms in total. The van der Waals surface area contributed by atoms with Gasteiger partial charge in [0.05, 0.1) is 16.3 Å². The predicted molar refractivity (Wildman–Crippen MR) is 75.5 cm³/mol. The van der Waals surface area contributed by atoms with E-state index in [1.165, 1.54) is 0 Å². The molecular weight excluding hydrogens is 266 g/mol. The lowest BCUT2D eigenvalue weighted by Crippen LogP contribution is -1.98. The topological polar surface area (TPSA) is 55.1 Å². The zero-order valence-electron chi connectivity index (χ0n) is 10.2. The number of anilines is 1. The van der Waals surface area contributed by atoms with E-state index >= 15 is 0 Å². The second-order valence-corrected chi connectivity index (χ2v) is 5.77. The maximum atomic E-state index is 4.60. The molecule has 0 saturated heterocycles. The summed E-state index contributed by atoms with van der Waals surface area (Å²) in [5, 5.41) is 10.6. The smallest absolute Gasteiger partial charge is 0.212 e. The summed E-state index contributed by atoms with van der Waals surface area (Å²) < 4.78 is 1.86. The van der Waals surface area contributed by atoms with Crippen LogP contribution in [0.25, 0.3) is 15.5 Å². The summed E-state index contributed by atoms with van der Waals surface area (Å²) in [7, 11) is 0. The molecule has 94 valence electrons. The Kier molecular flexibility index (Phi) is 3.00. The van der Waals surface area contributed by atoms with Crippen LogP contribution in [-0.2, 0) is 0 Å². The molecule has 0 amide bonds. The van der Waals surface area contributed by atoms with E-state index in [2.05, 4.69) is 32.7 Å². The molecule has 0 bridgehead atoms. The summed E-state index contributed by atoms with van der Waals surface area (Å²) >= 11 is 3.27. The van der Waals surface area contributed by atoms with Crippen LogP contribution < -0.4 is 5.32 Å². The van der Waals surface area contributed by atoms with Gasteiger partial charge in [-0.3, -0.25) is 0 Å². The van der Waals surface area contributed by atoms with Crippen molar-refractivity contribution in [3.63, 3.8) is 0 Å². The fourth-order valence-electron chi connectivity index (χ4n) is 1.72. The van der Waals surface area contributed by atoms with Gasteiger partial charge in [0.15, 0.2) is 5.13 Å². The molecule has 0 aromatic carbocycles. The van der Waals surface area contributed by atoms with E-state index in [-0.39, 0.29) is 0 Å². The highest BCUT2D eigenvalue weighted by molar-refractivity contribution is 7.21. The first-order valence-electron chi connectivity index (χ1n) is 5.78. The van der Waals surface area contributed by atoms with Crippen molar-refractivity contribution in [2.75, 3.05) is 11.9 Å². The first-order valence-corrected chi connectivity index (χ1v) is 7.48. The molecule has 18 heavy (non-hydrogen) atoms. The minimum Gasteiger partial charge on any atom is -0.362 e. The Balaban J connectivity index is 1.96. The van der Waals surface area contributed by atoms with Crippen molar-refractivity contribution in [1.82, 2.24) is 19.6 Å². The molecule has 0 radical (unpaired) electrons. The van der Waals surface area contributed by atoms with E-state index in [0.29, 0.717) is 0 Å². The lowest BCUT2D eigenvalue weighted by molar-refractivity contribution is 0.932. The monoisotopic (exact) mass is 279 g/mol. The van der Waals surface area contributed by atoms with Gasteiger partial charge in [-0.1, -0.05) is 18.3 Å². The number of fused-ring (bicyclic) bond motifs is 1. The summed E-state index contributed by atoms with van der Waals surface area (Å²) in [4.78, 5) is 10.9. The van der Waals surface area contributed by atoms with Gasteiger partial charge in [0.2, 0.25) is 4.96 Å². The molecule has 0 spiro atoms. The van der Waals surface area contributed by atoms with Crippen molar-refractivity contribution in [2.24, 2.45) is 0 Å². The molecule has 1 N–H and O–H groups in total. The van der Waals surface area contributed by atoms with Crippen LogP contribution in [0.5, 0.6) is 0 Å². The molecule has 0 aliphatic rings. The third-order valence-corrected chi connectivity index (χ3v) is 4.59. The lowest BCUT2D eigenvalue weighted by atomic mass is 10.3. The van der Waals surface area contributed by atoms with Crippen molar-refractivity contribution >= 4 is 32.8 Å². The van der Waals surface area contributed by atoms with Gasteiger partial charge in [0.25, 0.3) is 0 Å². The molecule has 3 aromatic heterocycles. The Labute approximate surface area is 113 Å². The molecule has 0 fully saturated rings. The zero-order valence-corrected chi connectivity index (χ0v) is 11.8. The summed E-state index contributed by atoms with van der Waals surface area (Å²) in [5.74, 6) is 0. The first-order chi connectivity index (χ1) is 8.79. The third kappa shape index (κ3) is 1.89. The quantitative estimate of drug-likeness (QED) is 0.797. The van der Waals surface area contributed by atoms with E-state index in [1.807, 2.05) is 11.4 Å². The predicted octanol–water partition coefficient (Wildman–Crippen LogP) is 3.04. The molecular formula is C11H13N5S2. The molecule has 3 aromatic rings. The summed E-state index contributed by atoms with van der Waals surface area (Å²) in [6.07, 6.45) is 2.68. The summed E-state index contributed by atoms with van der Waals surface area (Å²) in [6, 6.07) is 0. The number of aromatic nitrogens is 4. The zero-order chi connectivity index (χ0) is 12.5. The largest absolute Gasteiger partial charge is 0.362 e. The van der Waals surface area contributed by atoms with Gasteiger partial charge >= 0.3 is 0 Å². The van der Waals surface area contributed by atoms with E-state index in [1.54, 1.807) is 29.0 Å². The highest BCUT2D eigenvalue weighted by atomic mass is 32.1. The fraction of sp³-hybridized carbons (Fsp3) is 0.364. The molecule has 3 rings (SSSR count). The van der Waals surface area contributed by atoms with E-state index in [9.17, 15) is 0 Å². The summed E-state index contributed by atoms with van der Waals surface area (Å²) in [6.45, 7) is 5.15. The van der Waals surface area contributed by atoms with Gasteiger partial charge in [-0.25, -0.2) is 14.5 Å². The van der Waals surface area contributed by atoms with Crippen LogP contribution in [0.1, 0.15) is 19.0 Å². The van der Waals surface area contributed by atoms with E-state index in [4.69, 9.17) is 0 Å². The normalized spacial score (nSPS) is 11.2. The van der Waals surface area contributed by atoms with Gasteiger partial charge in [0, 0.05) is 11.9 Å². The Morgan fingerprint density at radius 2 is 2.33 bits per heavy atom. The Bertz CT molecular complexity index is 666. The van der Waals surface area contributed by atoms with Crippen LogP contribution in [0.3, 0.4) is 0 Å². The van der Waals surface area contributed by atoms with Crippen molar-refractivity contribution in [3.8, 4) is 10.6 Å². The molecule has 0 unspecified atom stereocenters. The first kappa shape index (κ1) is 11.6. The highest BCUT2D eigenvalue weighted by Crippen LogP contribution is 2.33. The van der Waals surface area contributed by atoms with Crippen LogP contribution in [0.4, 0.5) is 5.13 Å². The van der Waals surface area contributed by atoms with Crippen molar-refractivity contribution < 1.29 is 0 Å². The third-order valence-electron chi connectivity index (χ3n) is 2.62. The number of aryl methyl sites for hydroxylation is 1. The average Bonchev–Trinajstić information content (AvgIpc) is 3.04. The van der Waals surface area contributed by atoms with Gasteiger partial charge in [-0.05, 0) is 13.3 Å². The van der Waals surface area contributed by atoms with E-state index in [0.717, 1.165) is 39.3 Å². The molecule has 0 atom stereocenters. The standard InChI is InChI=1S/C11H13N5S2/c1-3-4-12-10-15-8(5-17-10)9-7(2)16-11(18-9)13-6-14-16/h5-6H,3-4H2,1-2H3,(H,12,15). The lowest BCUT2D eigenvalue weighted by Gasteiger charge is -1.97. The number of hydrogen-bond acceptors (Lipinski definition) is 6. The van der Waals surface area contributed by atoms with E-state index < -0.39 is 0 Å². The summed E-state index contributed by atoms with van der Waals surface area (Å²) in [5.41, 5.74) is 2.10. The van der Waals surface area contributed by atoms with Crippen molar-refractivity contribution in [3.05, 3.63) is 17.4 Å². The Hall–Kier alpha value is -1.47. The minimum atomic E-state index is 0.915. The number of rotatable bonds is 4. The van der Waals surface area contributed by atoms with Crippen LogP contribution in [0.2, 0.25) is 0 Å². The SMILES string of the molecule is CCCNc1nc(-c2sc3ncnn3c2C)cs1. The maximum absolute atomic E-state index is 4.60. The molecule has 0 saturated carbocycles. The van der Waals surface area contributed by atoms with Crippen LogP contribution in [0, 0.1) is 6.92 Å². The second-order valence-electron chi connectivity index (χ2n) is 3.94. The van der Waals surface area contributed by atoms with Crippen molar-refractivity contribution in [2.45, 2.75) is 20.3 Å². The highest BCUT2D eigenvalue weighted by Gasteiger charge is 2.14. The fourth-order valence-corrected chi connectivity index (χ4v) is 3.52. The van der Waals surface area contributed by atoms with Gasteiger partial charge in [-0.15, -0.1) is 11.3 Å². The number of hydrogen-bond donors (Lipinski definition) is 1. The maximum Gasteiger partial charge on any atom is 0.212 e. The number of nitrogens with zero attached hydrogens (tertiary/aromatic N) is 4.